The van der Waals surface area contributed by atoms with Gasteiger partial charge in [-0.15, -0.1) is 10.2 Å². The largest absolute Gasteiger partial charge is 0.351 e. The molecule has 2 aromatic carbocycles. The van der Waals surface area contributed by atoms with Gasteiger partial charge in [0.1, 0.15) is 0 Å². The third-order valence-corrected chi connectivity index (χ3v) is 6.29. The number of carbonyl (C=O) groups excluding carboxylic acids is 1. The summed E-state index contributed by atoms with van der Waals surface area (Å²) in [5, 5.41) is 15.3. The lowest BCUT2D eigenvalue weighted by Gasteiger charge is -2.08. The minimum absolute atomic E-state index is 0.0116. The van der Waals surface area contributed by atoms with Crippen LogP contribution in [0.5, 0.6) is 0 Å². The van der Waals surface area contributed by atoms with Gasteiger partial charge in [-0.05, 0) is 49.1 Å². The number of hydrogen-bond donors (Lipinski definition) is 2. The molecule has 0 aliphatic heterocycles. The molecule has 5 nitrogen and oxygen atoms in total. The van der Waals surface area contributed by atoms with Crippen molar-refractivity contribution in [1.29, 1.82) is 0 Å². The molecule has 3 rings (SSSR count). The van der Waals surface area contributed by atoms with E-state index in [2.05, 4.69) is 40.7 Å². The number of rotatable bonds is 7. The maximum atomic E-state index is 12.1. The van der Waals surface area contributed by atoms with Crippen molar-refractivity contribution < 1.29 is 4.79 Å². The first-order valence-electron chi connectivity index (χ1n) is 8.63. The summed E-state index contributed by atoms with van der Waals surface area (Å²) >= 11 is 2.85. The lowest BCUT2D eigenvalue weighted by Crippen LogP contribution is -2.24. The van der Waals surface area contributed by atoms with Gasteiger partial charge in [0.2, 0.25) is 11.0 Å². The van der Waals surface area contributed by atoms with Gasteiger partial charge in [0.05, 0.1) is 5.75 Å². The number of aryl methyl sites for hydroxylation is 2. The number of benzene rings is 2. The van der Waals surface area contributed by atoms with Crippen LogP contribution in [0.15, 0.2) is 46.8 Å². The molecular formula is C20H22N4OS2. The Morgan fingerprint density at radius 2 is 1.81 bits per heavy atom. The summed E-state index contributed by atoms with van der Waals surface area (Å²) in [7, 11) is 0. The summed E-state index contributed by atoms with van der Waals surface area (Å²) in [6.07, 6.45) is 0. The van der Waals surface area contributed by atoms with E-state index in [9.17, 15) is 4.79 Å². The molecule has 27 heavy (non-hydrogen) atoms. The van der Waals surface area contributed by atoms with E-state index in [0.717, 1.165) is 20.7 Å². The number of thioether (sulfide) groups is 1. The molecule has 1 heterocycles. The number of anilines is 2. The van der Waals surface area contributed by atoms with Gasteiger partial charge in [0.25, 0.3) is 0 Å². The Labute approximate surface area is 167 Å². The lowest BCUT2D eigenvalue weighted by atomic mass is 10.1. The van der Waals surface area contributed by atoms with Gasteiger partial charge in [0.15, 0.2) is 4.34 Å². The zero-order valence-corrected chi connectivity index (χ0v) is 17.2. The molecule has 0 spiro atoms. The highest BCUT2D eigenvalue weighted by atomic mass is 32.2. The molecular weight excluding hydrogens is 376 g/mol. The van der Waals surface area contributed by atoms with E-state index in [0.29, 0.717) is 12.3 Å². The molecule has 7 heteroatoms. The fourth-order valence-corrected chi connectivity index (χ4v) is 4.10. The van der Waals surface area contributed by atoms with Crippen molar-refractivity contribution >= 4 is 39.8 Å². The third-order valence-electron chi connectivity index (χ3n) is 4.32. The van der Waals surface area contributed by atoms with Crippen LogP contribution in [-0.4, -0.2) is 21.9 Å². The van der Waals surface area contributed by atoms with Crippen LogP contribution in [0.25, 0.3) is 0 Å². The summed E-state index contributed by atoms with van der Waals surface area (Å²) in [6.45, 7) is 6.74. The monoisotopic (exact) mass is 398 g/mol. The Morgan fingerprint density at radius 1 is 1.04 bits per heavy atom. The molecule has 0 radical (unpaired) electrons. The Morgan fingerprint density at radius 3 is 2.63 bits per heavy atom. The van der Waals surface area contributed by atoms with Crippen LogP contribution in [0.4, 0.5) is 10.8 Å². The molecule has 0 unspecified atom stereocenters. The maximum Gasteiger partial charge on any atom is 0.230 e. The molecule has 0 saturated carbocycles. The second kappa shape index (κ2) is 9.01. The van der Waals surface area contributed by atoms with Gasteiger partial charge in [0, 0.05) is 12.2 Å². The zero-order valence-electron chi connectivity index (χ0n) is 15.6. The first-order chi connectivity index (χ1) is 13.0. The maximum absolute atomic E-state index is 12.1. The number of aromatic nitrogens is 2. The molecule has 1 amide bonds. The van der Waals surface area contributed by atoms with Crippen LogP contribution in [-0.2, 0) is 11.3 Å². The Bertz CT molecular complexity index is 939. The molecule has 0 atom stereocenters. The van der Waals surface area contributed by atoms with Crippen LogP contribution >= 0.6 is 23.1 Å². The number of nitrogens with one attached hydrogen (secondary N) is 2. The highest BCUT2D eigenvalue weighted by Gasteiger charge is 2.10. The van der Waals surface area contributed by atoms with Crippen molar-refractivity contribution in [2.75, 3.05) is 11.1 Å². The van der Waals surface area contributed by atoms with Gasteiger partial charge in [-0.3, -0.25) is 4.79 Å². The molecule has 0 fully saturated rings. The summed E-state index contributed by atoms with van der Waals surface area (Å²) in [4.78, 5) is 12.1. The number of amides is 1. The van der Waals surface area contributed by atoms with E-state index >= 15 is 0 Å². The second-order valence-corrected chi connectivity index (χ2v) is 8.44. The van der Waals surface area contributed by atoms with Crippen LogP contribution in [0.1, 0.15) is 22.3 Å². The van der Waals surface area contributed by atoms with Crippen LogP contribution in [0.3, 0.4) is 0 Å². The predicted octanol–water partition coefficient (Wildman–Crippen LogP) is 4.62. The van der Waals surface area contributed by atoms with Crippen molar-refractivity contribution in [2.45, 2.75) is 31.7 Å². The van der Waals surface area contributed by atoms with Crippen LogP contribution in [0.2, 0.25) is 0 Å². The molecule has 0 bridgehead atoms. The molecule has 0 saturated heterocycles. The van der Waals surface area contributed by atoms with Crippen molar-refractivity contribution in [3.63, 3.8) is 0 Å². The molecule has 140 valence electrons. The number of hydrogen-bond acceptors (Lipinski definition) is 6. The Balaban J connectivity index is 1.50. The number of carbonyl (C=O) groups is 1. The van der Waals surface area contributed by atoms with E-state index in [1.165, 1.54) is 39.8 Å². The predicted molar refractivity (Wildman–Crippen MR) is 113 cm³/mol. The summed E-state index contributed by atoms with van der Waals surface area (Å²) in [5.74, 6) is 0.312. The molecule has 2 N–H and O–H groups in total. The molecule has 0 aliphatic carbocycles. The quantitative estimate of drug-likeness (QED) is 0.569. The van der Waals surface area contributed by atoms with E-state index in [-0.39, 0.29) is 5.91 Å². The zero-order chi connectivity index (χ0) is 19.2. The first kappa shape index (κ1) is 19.4. The standard InChI is InChI=1S/C20H22N4OS2/c1-13-8-6-10-17(15(13)3)22-19-23-24-20(27-19)26-12-18(25)21-11-16-9-5-4-7-14(16)2/h4-10H,11-12H2,1-3H3,(H,21,25)(H,22,23). The van der Waals surface area contributed by atoms with E-state index in [1.807, 2.05) is 43.3 Å². The fraction of sp³-hybridized carbons (Fsp3) is 0.250. The minimum atomic E-state index is -0.0116. The number of nitrogens with zero attached hydrogens (tertiary/aromatic N) is 2. The normalized spacial score (nSPS) is 10.6. The third kappa shape index (κ3) is 5.30. The van der Waals surface area contributed by atoms with Crippen LogP contribution in [0, 0.1) is 20.8 Å². The fourth-order valence-electron chi connectivity index (χ4n) is 2.50. The topological polar surface area (TPSA) is 66.9 Å². The Kier molecular flexibility index (Phi) is 6.47. The van der Waals surface area contributed by atoms with Crippen LogP contribution < -0.4 is 10.6 Å². The van der Waals surface area contributed by atoms with E-state index in [4.69, 9.17) is 0 Å². The minimum Gasteiger partial charge on any atom is -0.351 e. The lowest BCUT2D eigenvalue weighted by molar-refractivity contribution is -0.118. The Hall–Kier alpha value is -2.38. The average molecular weight is 399 g/mol. The first-order valence-corrected chi connectivity index (χ1v) is 10.4. The highest BCUT2D eigenvalue weighted by Crippen LogP contribution is 2.29. The summed E-state index contributed by atoms with van der Waals surface area (Å²) in [6, 6.07) is 14.2. The van der Waals surface area contributed by atoms with E-state index < -0.39 is 0 Å². The highest BCUT2D eigenvalue weighted by molar-refractivity contribution is 8.01. The van der Waals surface area contributed by atoms with Gasteiger partial charge in [-0.25, -0.2) is 0 Å². The van der Waals surface area contributed by atoms with E-state index in [1.54, 1.807) is 0 Å². The second-order valence-electron chi connectivity index (χ2n) is 6.24. The smallest absolute Gasteiger partial charge is 0.230 e. The van der Waals surface area contributed by atoms with Gasteiger partial charge >= 0.3 is 0 Å². The van der Waals surface area contributed by atoms with Gasteiger partial charge < -0.3 is 10.6 Å². The SMILES string of the molecule is Cc1ccccc1CNC(=O)CSc1nnc(Nc2cccc(C)c2C)s1. The molecule has 1 aromatic heterocycles. The van der Waals surface area contributed by atoms with Gasteiger partial charge in [-0.2, -0.15) is 0 Å². The van der Waals surface area contributed by atoms with Crippen molar-refractivity contribution in [2.24, 2.45) is 0 Å². The molecule has 3 aromatic rings. The van der Waals surface area contributed by atoms with Crippen molar-refractivity contribution in [1.82, 2.24) is 15.5 Å². The average Bonchev–Trinajstić information content (AvgIpc) is 3.10. The summed E-state index contributed by atoms with van der Waals surface area (Å²) in [5.41, 5.74) is 5.75. The summed E-state index contributed by atoms with van der Waals surface area (Å²) < 4.78 is 0.772. The van der Waals surface area contributed by atoms with Crippen molar-refractivity contribution in [3.05, 3.63) is 64.7 Å². The van der Waals surface area contributed by atoms with Gasteiger partial charge in [-0.1, -0.05) is 59.5 Å². The van der Waals surface area contributed by atoms with Crippen molar-refractivity contribution in [3.8, 4) is 0 Å². The molecule has 0 aliphatic rings.